The van der Waals surface area contributed by atoms with Crippen molar-refractivity contribution >= 4 is 11.6 Å². The molecule has 0 fully saturated rings. The zero-order valence-electron chi connectivity index (χ0n) is 11.8. The average molecular weight is 247 g/mol. The molecule has 1 rings (SSSR count). The van der Waals surface area contributed by atoms with Crippen LogP contribution in [0, 0.1) is 12.8 Å². The van der Waals surface area contributed by atoms with Crippen LogP contribution in [0.25, 0.3) is 0 Å². The van der Waals surface area contributed by atoms with E-state index in [1.807, 2.05) is 31.2 Å². The second-order valence-electron chi connectivity index (χ2n) is 4.99. The molecule has 2 heteroatoms. The highest BCUT2D eigenvalue weighted by Crippen LogP contribution is 2.18. The third-order valence-corrected chi connectivity index (χ3v) is 3.20. The molecule has 1 aromatic rings. The second-order valence-corrected chi connectivity index (χ2v) is 4.99. The van der Waals surface area contributed by atoms with E-state index in [2.05, 4.69) is 19.2 Å². The Morgan fingerprint density at radius 1 is 1.22 bits per heavy atom. The number of hydrogen-bond donors (Lipinski definition) is 1. The molecule has 1 atom stereocenters. The lowest BCUT2D eigenvalue weighted by molar-refractivity contribution is -0.120. The Balaban J connectivity index is 2.60. The van der Waals surface area contributed by atoms with Crippen LogP contribution in [-0.4, -0.2) is 5.91 Å². The summed E-state index contributed by atoms with van der Waals surface area (Å²) >= 11 is 0. The largest absolute Gasteiger partial charge is 0.326 e. The number of aryl methyl sites for hydroxylation is 1. The van der Waals surface area contributed by atoms with E-state index >= 15 is 0 Å². The lowest BCUT2D eigenvalue weighted by atomic mass is 9.96. The number of hydrogen-bond acceptors (Lipinski definition) is 1. The fourth-order valence-corrected chi connectivity index (χ4v) is 2.17. The minimum atomic E-state index is 0.162. The van der Waals surface area contributed by atoms with Crippen LogP contribution >= 0.6 is 0 Å². The van der Waals surface area contributed by atoms with Crippen molar-refractivity contribution in [3.8, 4) is 0 Å². The van der Waals surface area contributed by atoms with Gasteiger partial charge in [0.1, 0.15) is 0 Å². The fraction of sp³-hybridized carbons (Fsp3) is 0.562. The van der Waals surface area contributed by atoms with Crippen molar-refractivity contribution in [2.45, 2.75) is 52.9 Å². The predicted molar refractivity (Wildman–Crippen MR) is 77.7 cm³/mol. The molecule has 0 aliphatic rings. The van der Waals surface area contributed by atoms with Crippen molar-refractivity contribution < 1.29 is 4.79 Å². The second kappa shape index (κ2) is 7.91. The number of anilines is 1. The van der Waals surface area contributed by atoms with Crippen molar-refractivity contribution in [2.75, 3.05) is 5.32 Å². The van der Waals surface area contributed by atoms with E-state index < -0.39 is 0 Å². The highest BCUT2D eigenvalue weighted by Gasteiger charge is 2.16. The van der Waals surface area contributed by atoms with Crippen LogP contribution in [0.5, 0.6) is 0 Å². The van der Waals surface area contributed by atoms with Crippen LogP contribution in [-0.2, 0) is 4.79 Å². The van der Waals surface area contributed by atoms with E-state index in [0.717, 1.165) is 37.8 Å². The van der Waals surface area contributed by atoms with Gasteiger partial charge in [-0.25, -0.2) is 0 Å². The molecular formula is C16H25NO. The van der Waals surface area contributed by atoms with Crippen molar-refractivity contribution in [3.05, 3.63) is 29.8 Å². The summed E-state index contributed by atoms with van der Waals surface area (Å²) < 4.78 is 0. The lowest BCUT2D eigenvalue weighted by Crippen LogP contribution is -2.22. The number of rotatable bonds is 7. The summed E-state index contributed by atoms with van der Waals surface area (Å²) in [6.07, 6.45) is 5.33. The molecule has 0 saturated carbocycles. The maximum absolute atomic E-state index is 12.2. The summed E-state index contributed by atoms with van der Waals surface area (Å²) in [6, 6.07) is 7.98. The van der Waals surface area contributed by atoms with Crippen molar-refractivity contribution in [1.29, 1.82) is 0 Å². The maximum atomic E-state index is 12.2. The number of unbranched alkanes of at least 4 members (excludes halogenated alkanes) is 1. The quantitative estimate of drug-likeness (QED) is 0.753. The molecule has 0 saturated heterocycles. The first-order chi connectivity index (χ1) is 8.67. The minimum absolute atomic E-state index is 0.162. The van der Waals surface area contributed by atoms with Crippen LogP contribution in [0.3, 0.4) is 0 Å². The average Bonchev–Trinajstić information content (AvgIpc) is 2.34. The molecule has 1 N–H and O–H groups in total. The van der Waals surface area contributed by atoms with Crippen LogP contribution in [0.1, 0.15) is 51.5 Å². The van der Waals surface area contributed by atoms with Gasteiger partial charge in [-0.15, -0.1) is 0 Å². The normalized spacial score (nSPS) is 12.2. The van der Waals surface area contributed by atoms with E-state index in [9.17, 15) is 4.79 Å². The first-order valence-corrected chi connectivity index (χ1v) is 7.04. The van der Waals surface area contributed by atoms with Crippen LogP contribution in [0.4, 0.5) is 5.69 Å². The molecule has 0 aromatic heterocycles. The Morgan fingerprint density at radius 2 is 2.00 bits per heavy atom. The van der Waals surface area contributed by atoms with E-state index in [-0.39, 0.29) is 11.8 Å². The smallest absolute Gasteiger partial charge is 0.227 e. The van der Waals surface area contributed by atoms with Crippen molar-refractivity contribution in [1.82, 2.24) is 0 Å². The molecule has 0 radical (unpaired) electrons. The van der Waals surface area contributed by atoms with Crippen LogP contribution < -0.4 is 5.32 Å². The Bertz CT molecular complexity index is 373. The Kier molecular flexibility index (Phi) is 6.48. The number of nitrogens with one attached hydrogen (secondary N) is 1. The molecule has 2 nitrogen and oxygen atoms in total. The Hall–Kier alpha value is -1.31. The third-order valence-electron chi connectivity index (χ3n) is 3.20. The highest BCUT2D eigenvalue weighted by molar-refractivity contribution is 5.92. The van der Waals surface area contributed by atoms with Crippen LogP contribution in [0.15, 0.2) is 24.3 Å². The van der Waals surface area contributed by atoms with Gasteiger partial charge in [0.05, 0.1) is 0 Å². The van der Waals surface area contributed by atoms with Gasteiger partial charge in [-0.1, -0.05) is 45.2 Å². The van der Waals surface area contributed by atoms with Gasteiger partial charge in [0.15, 0.2) is 0 Å². The van der Waals surface area contributed by atoms with Gasteiger partial charge in [0.2, 0.25) is 5.91 Å². The Morgan fingerprint density at radius 3 is 2.61 bits per heavy atom. The summed E-state index contributed by atoms with van der Waals surface area (Å²) in [5.74, 6) is 0.339. The maximum Gasteiger partial charge on any atom is 0.227 e. The molecule has 0 bridgehead atoms. The number of benzene rings is 1. The molecule has 1 aromatic carbocycles. The summed E-state index contributed by atoms with van der Waals surface area (Å²) in [6.45, 7) is 6.34. The minimum Gasteiger partial charge on any atom is -0.326 e. The molecule has 100 valence electrons. The van der Waals surface area contributed by atoms with E-state index in [1.54, 1.807) is 0 Å². The Labute approximate surface area is 111 Å². The standard InChI is InChI=1S/C16H25NO/c1-4-6-10-14(8-5-2)16(18)17-15-11-7-9-13(3)12-15/h7,9,11-12,14H,4-6,8,10H2,1-3H3,(H,17,18). The molecule has 18 heavy (non-hydrogen) atoms. The van der Waals surface area contributed by atoms with E-state index in [4.69, 9.17) is 0 Å². The predicted octanol–water partition coefficient (Wildman–Crippen LogP) is 4.54. The van der Waals surface area contributed by atoms with E-state index in [0.29, 0.717) is 0 Å². The first-order valence-electron chi connectivity index (χ1n) is 7.04. The van der Waals surface area contributed by atoms with Gasteiger partial charge in [-0.2, -0.15) is 0 Å². The monoisotopic (exact) mass is 247 g/mol. The van der Waals surface area contributed by atoms with Crippen LogP contribution in [0.2, 0.25) is 0 Å². The number of amides is 1. The summed E-state index contributed by atoms with van der Waals surface area (Å²) in [4.78, 5) is 12.2. The molecule has 1 amide bonds. The van der Waals surface area contributed by atoms with Crippen molar-refractivity contribution in [3.63, 3.8) is 0 Å². The molecule has 0 aliphatic heterocycles. The topological polar surface area (TPSA) is 29.1 Å². The molecular weight excluding hydrogens is 222 g/mol. The lowest BCUT2D eigenvalue weighted by Gasteiger charge is -2.16. The van der Waals surface area contributed by atoms with Gasteiger partial charge in [0.25, 0.3) is 0 Å². The zero-order valence-corrected chi connectivity index (χ0v) is 11.8. The molecule has 0 spiro atoms. The zero-order chi connectivity index (χ0) is 13.4. The van der Waals surface area contributed by atoms with E-state index in [1.165, 1.54) is 5.56 Å². The summed E-state index contributed by atoms with van der Waals surface area (Å²) in [5, 5.41) is 3.04. The summed E-state index contributed by atoms with van der Waals surface area (Å²) in [5.41, 5.74) is 2.09. The highest BCUT2D eigenvalue weighted by atomic mass is 16.1. The van der Waals surface area contributed by atoms with Gasteiger partial charge in [0, 0.05) is 11.6 Å². The van der Waals surface area contributed by atoms with Crippen molar-refractivity contribution in [2.24, 2.45) is 5.92 Å². The van der Waals surface area contributed by atoms with Gasteiger partial charge in [-0.3, -0.25) is 4.79 Å². The molecule has 0 aliphatic carbocycles. The van der Waals surface area contributed by atoms with Gasteiger partial charge < -0.3 is 5.32 Å². The SMILES string of the molecule is CCCCC(CCC)C(=O)Nc1cccc(C)c1. The molecule has 1 unspecified atom stereocenters. The number of carbonyl (C=O) groups is 1. The van der Waals surface area contributed by atoms with Gasteiger partial charge in [-0.05, 0) is 37.5 Å². The summed E-state index contributed by atoms with van der Waals surface area (Å²) in [7, 11) is 0. The molecule has 0 heterocycles. The number of carbonyl (C=O) groups excluding carboxylic acids is 1. The van der Waals surface area contributed by atoms with Gasteiger partial charge >= 0.3 is 0 Å². The fourth-order valence-electron chi connectivity index (χ4n) is 2.17. The first kappa shape index (κ1) is 14.7. The third kappa shape index (κ3) is 4.91.